The first-order valence-electron chi connectivity index (χ1n) is 7.18. The van der Waals surface area contributed by atoms with Gasteiger partial charge in [0.05, 0.1) is 13.3 Å². The molecule has 2 aromatic rings. The number of aromatic nitrogens is 1. The molecule has 7 nitrogen and oxygen atoms in total. The highest BCUT2D eigenvalue weighted by Crippen LogP contribution is 2.33. The molecule has 0 aliphatic carbocycles. The van der Waals surface area contributed by atoms with Gasteiger partial charge in [-0.3, -0.25) is 5.32 Å². The van der Waals surface area contributed by atoms with Crippen LogP contribution in [-0.4, -0.2) is 37.9 Å². The number of nitrogens with zero attached hydrogens (tertiary/aromatic N) is 1. The van der Waals surface area contributed by atoms with E-state index in [1.165, 1.54) is 11.3 Å². The number of anilines is 1. The predicted molar refractivity (Wildman–Crippen MR) is 86.8 cm³/mol. The van der Waals surface area contributed by atoms with E-state index in [9.17, 15) is 4.79 Å². The maximum atomic E-state index is 11.8. The number of carbonyl (C=O) groups is 1. The van der Waals surface area contributed by atoms with Crippen molar-refractivity contribution in [3.63, 3.8) is 0 Å². The fourth-order valence-corrected chi connectivity index (χ4v) is 2.82. The molecule has 0 saturated heterocycles. The van der Waals surface area contributed by atoms with E-state index in [-0.39, 0.29) is 6.03 Å². The summed E-state index contributed by atoms with van der Waals surface area (Å²) in [4.78, 5) is 15.9. The number of rotatable bonds is 5. The third-order valence-electron chi connectivity index (χ3n) is 3.23. The number of nitrogens with one attached hydrogen (secondary N) is 2. The van der Waals surface area contributed by atoms with E-state index in [4.69, 9.17) is 14.2 Å². The minimum absolute atomic E-state index is 0.302. The van der Waals surface area contributed by atoms with Crippen LogP contribution in [0.1, 0.15) is 5.56 Å². The third-order valence-corrected chi connectivity index (χ3v) is 4.11. The number of fused-ring (bicyclic) bond motifs is 1. The number of ether oxygens (including phenoxy) is 3. The highest BCUT2D eigenvalue weighted by Gasteiger charge is 2.15. The average Bonchev–Trinajstić information content (AvgIpc) is 3.02. The van der Waals surface area contributed by atoms with Crippen LogP contribution in [0.2, 0.25) is 0 Å². The molecule has 8 heteroatoms. The minimum Gasteiger partial charge on any atom is -0.486 e. The Morgan fingerprint density at radius 2 is 2.26 bits per heavy atom. The van der Waals surface area contributed by atoms with Gasteiger partial charge in [0.25, 0.3) is 0 Å². The second kappa shape index (κ2) is 7.19. The van der Waals surface area contributed by atoms with Gasteiger partial charge in [-0.2, -0.15) is 0 Å². The van der Waals surface area contributed by atoms with Gasteiger partial charge in [0, 0.05) is 6.54 Å². The molecule has 1 aromatic carbocycles. The number of hydrogen-bond acceptors (Lipinski definition) is 6. The van der Waals surface area contributed by atoms with Crippen molar-refractivity contribution in [1.29, 1.82) is 0 Å². The summed E-state index contributed by atoms with van der Waals surface area (Å²) in [6, 6.07) is 5.47. The van der Waals surface area contributed by atoms with Crippen molar-refractivity contribution in [2.45, 2.75) is 6.42 Å². The topological polar surface area (TPSA) is 81.7 Å². The zero-order valence-corrected chi connectivity index (χ0v) is 13.4. The van der Waals surface area contributed by atoms with Crippen molar-refractivity contribution >= 4 is 22.5 Å². The van der Waals surface area contributed by atoms with Gasteiger partial charge in [-0.15, -0.1) is 0 Å². The summed E-state index contributed by atoms with van der Waals surface area (Å²) in [5, 5.41) is 6.60. The standard InChI is InChI=1S/C15H17N3O4S/c1-20-12-9-17-15(23-12)18-14(19)16-6-5-10-3-2-4-11-13(10)22-8-7-21-11/h2-4,9H,5-8H2,1H3,(H2,16,17,18,19). The van der Waals surface area contributed by atoms with Crippen LogP contribution in [-0.2, 0) is 6.42 Å². The lowest BCUT2D eigenvalue weighted by molar-refractivity contribution is 0.170. The first kappa shape index (κ1) is 15.4. The molecule has 1 aliphatic rings. The van der Waals surface area contributed by atoms with Gasteiger partial charge in [0.1, 0.15) is 13.2 Å². The molecular weight excluding hydrogens is 318 g/mol. The van der Waals surface area contributed by atoms with Gasteiger partial charge < -0.3 is 19.5 Å². The first-order valence-corrected chi connectivity index (χ1v) is 8.00. The minimum atomic E-state index is -0.302. The number of thiazole rings is 1. The molecule has 2 heterocycles. The molecule has 1 aromatic heterocycles. The molecule has 0 unspecified atom stereocenters. The molecule has 122 valence electrons. The molecule has 3 rings (SSSR count). The largest absolute Gasteiger partial charge is 0.486 e. The summed E-state index contributed by atoms with van der Waals surface area (Å²) < 4.78 is 16.2. The molecule has 0 fully saturated rings. The van der Waals surface area contributed by atoms with Gasteiger partial charge in [-0.1, -0.05) is 23.5 Å². The van der Waals surface area contributed by atoms with Crippen molar-refractivity contribution < 1.29 is 19.0 Å². The zero-order chi connectivity index (χ0) is 16.1. The third kappa shape index (κ3) is 3.84. The summed E-state index contributed by atoms with van der Waals surface area (Å²) in [6.07, 6.45) is 2.22. The predicted octanol–water partition coefficient (Wildman–Crippen LogP) is 2.29. The normalized spacial score (nSPS) is 12.6. The average molecular weight is 335 g/mol. The highest BCUT2D eigenvalue weighted by molar-refractivity contribution is 7.17. The fourth-order valence-electron chi connectivity index (χ4n) is 2.19. The number of urea groups is 1. The van der Waals surface area contributed by atoms with Crippen molar-refractivity contribution in [3.05, 3.63) is 30.0 Å². The molecule has 0 spiro atoms. The zero-order valence-electron chi connectivity index (χ0n) is 12.6. The van der Waals surface area contributed by atoms with Crippen LogP contribution >= 0.6 is 11.3 Å². The Labute approximate surface area is 137 Å². The van der Waals surface area contributed by atoms with Crippen LogP contribution < -0.4 is 24.8 Å². The Morgan fingerprint density at radius 3 is 3.09 bits per heavy atom. The summed E-state index contributed by atoms with van der Waals surface area (Å²) >= 11 is 1.27. The van der Waals surface area contributed by atoms with E-state index in [0.717, 1.165) is 17.1 Å². The van der Waals surface area contributed by atoms with Crippen molar-refractivity contribution in [1.82, 2.24) is 10.3 Å². The molecule has 1 aliphatic heterocycles. The number of para-hydroxylation sites is 1. The molecule has 23 heavy (non-hydrogen) atoms. The van der Waals surface area contributed by atoms with Crippen molar-refractivity contribution in [2.24, 2.45) is 0 Å². The molecule has 2 N–H and O–H groups in total. The Morgan fingerprint density at radius 1 is 1.39 bits per heavy atom. The van der Waals surface area contributed by atoms with Gasteiger partial charge in [0.15, 0.2) is 21.7 Å². The summed E-state index contributed by atoms with van der Waals surface area (Å²) in [5.41, 5.74) is 1.01. The maximum absolute atomic E-state index is 11.8. The van der Waals surface area contributed by atoms with Crippen LogP contribution in [0.25, 0.3) is 0 Å². The second-order valence-corrected chi connectivity index (χ2v) is 5.75. The fraction of sp³-hybridized carbons (Fsp3) is 0.333. The van der Waals surface area contributed by atoms with Crippen LogP contribution in [0.3, 0.4) is 0 Å². The second-order valence-electron chi connectivity index (χ2n) is 4.76. The van der Waals surface area contributed by atoms with Crippen LogP contribution in [0, 0.1) is 0 Å². The van der Waals surface area contributed by atoms with Crippen LogP contribution in [0.4, 0.5) is 9.93 Å². The van der Waals surface area contributed by atoms with Crippen LogP contribution in [0.15, 0.2) is 24.4 Å². The molecule has 0 atom stereocenters. The molecule has 2 amide bonds. The summed E-state index contributed by atoms with van der Waals surface area (Å²) in [6.45, 7) is 1.59. The Bertz CT molecular complexity index is 689. The van der Waals surface area contributed by atoms with E-state index in [0.29, 0.717) is 36.4 Å². The van der Waals surface area contributed by atoms with Gasteiger partial charge in [-0.25, -0.2) is 9.78 Å². The maximum Gasteiger partial charge on any atom is 0.321 e. The highest BCUT2D eigenvalue weighted by atomic mass is 32.1. The Kier molecular flexibility index (Phi) is 4.82. The van der Waals surface area contributed by atoms with E-state index in [1.54, 1.807) is 13.3 Å². The molecule has 0 saturated carbocycles. The monoisotopic (exact) mass is 335 g/mol. The van der Waals surface area contributed by atoms with Gasteiger partial charge in [-0.05, 0) is 18.1 Å². The van der Waals surface area contributed by atoms with E-state index in [2.05, 4.69) is 15.6 Å². The number of carbonyl (C=O) groups excluding carboxylic acids is 1. The van der Waals surface area contributed by atoms with E-state index < -0.39 is 0 Å². The summed E-state index contributed by atoms with van der Waals surface area (Å²) in [5.74, 6) is 1.53. The molecule has 0 radical (unpaired) electrons. The number of benzene rings is 1. The van der Waals surface area contributed by atoms with Gasteiger partial charge in [0.2, 0.25) is 0 Å². The first-order chi connectivity index (χ1) is 11.3. The lowest BCUT2D eigenvalue weighted by Crippen LogP contribution is -2.30. The molecule has 0 bridgehead atoms. The van der Waals surface area contributed by atoms with E-state index in [1.807, 2.05) is 18.2 Å². The Balaban J connectivity index is 1.50. The van der Waals surface area contributed by atoms with Crippen molar-refractivity contribution in [2.75, 3.05) is 32.2 Å². The lowest BCUT2D eigenvalue weighted by Gasteiger charge is -2.21. The number of amides is 2. The SMILES string of the molecule is COc1cnc(NC(=O)NCCc2cccc3c2OCCO3)s1. The quantitative estimate of drug-likeness (QED) is 0.876. The Hall–Kier alpha value is -2.48. The van der Waals surface area contributed by atoms with Crippen LogP contribution in [0.5, 0.6) is 16.6 Å². The number of methoxy groups -OCH3 is 1. The van der Waals surface area contributed by atoms with E-state index >= 15 is 0 Å². The lowest BCUT2D eigenvalue weighted by atomic mass is 10.1. The van der Waals surface area contributed by atoms with Gasteiger partial charge >= 0.3 is 6.03 Å². The number of hydrogen-bond donors (Lipinski definition) is 2. The molecular formula is C15H17N3O4S. The summed E-state index contributed by atoms with van der Waals surface area (Å²) in [7, 11) is 1.56. The smallest absolute Gasteiger partial charge is 0.321 e. The van der Waals surface area contributed by atoms with Crippen molar-refractivity contribution in [3.8, 4) is 16.6 Å².